The number of benzene rings is 2. The molecule has 1 N–H and O–H groups in total. The topological polar surface area (TPSA) is 32.7 Å². The molecule has 0 amide bonds. The molecule has 2 atom stereocenters. The summed E-state index contributed by atoms with van der Waals surface area (Å²) in [7, 11) is 0. The summed E-state index contributed by atoms with van der Waals surface area (Å²) in [5.41, 5.74) is 1.34. The van der Waals surface area contributed by atoms with Crippen molar-refractivity contribution in [2.45, 2.75) is 57.5 Å². The van der Waals surface area contributed by atoms with Gasteiger partial charge in [0.05, 0.1) is 12.2 Å². The molecule has 152 valence electrons. The number of hydrogen-bond acceptors (Lipinski definition) is 3. The molecular weight excluding hydrogens is 346 g/mol. The second kappa shape index (κ2) is 10.1. The van der Waals surface area contributed by atoms with Crippen molar-refractivity contribution >= 4 is 0 Å². The van der Waals surface area contributed by atoms with Crippen LogP contribution < -0.4 is 4.74 Å². The lowest BCUT2D eigenvalue weighted by Crippen LogP contribution is -2.40. The highest BCUT2D eigenvalue weighted by Gasteiger charge is 2.40. The summed E-state index contributed by atoms with van der Waals surface area (Å²) in [6.45, 7) is 8.01. The van der Waals surface area contributed by atoms with Crippen LogP contribution in [0.4, 0.5) is 0 Å². The number of aliphatic hydroxyl groups is 1. The Morgan fingerprint density at radius 2 is 1.68 bits per heavy atom. The lowest BCUT2D eigenvalue weighted by molar-refractivity contribution is -0.0130. The molecular formula is C25H35NO2. The molecule has 0 unspecified atom stereocenters. The minimum absolute atomic E-state index is 0.0521. The zero-order valence-electron chi connectivity index (χ0n) is 17.4. The van der Waals surface area contributed by atoms with Crippen LogP contribution >= 0.6 is 0 Å². The van der Waals surface area contributed by atoms with Crippen LogP contribution in [0.3, 0.4) is 0 Å². The number of ether oxygens (including phenoxy) is 1. The second-order valence-corrected chi connectivity index (χ2v) is 7.96. The average molecular weight is 382 g/mol. The van der Waals surface area contributed by atoms with Crippen LogP contribution in [0.5, 0.6) is 5.75 Å². The van der Waals surface area contributed by atoms with Crippen molar-refractivity contribution in [2.24, 2.45) is 0 Å². The van der Waals surface area contributed by atoms with Gasteiger partial charge in [0.15, 0.2) is 0 Å². The zero-order chi connectivity index (χ0) is 19.8. The van der Waals surface area contributed by atoms with Gasteiger partial charge in [-0.05, 0) is 62.5 Å². The van der Waals surface area contributed by atoms with E-state index in [1.807, 2.05) is 19.1 Å². The maximum Gasteiger partial charge on any atom is 0.119 e. The minimum Gasteiger partial charge on any atom is -0.494 e. The highest BCUT2D eigenvalue weighted by Crippen LogP contribution is 2.42. The fraction of sp³-hybridized carbons (Fsp3) is 0.520. The predicted octanol–water partition coefficient (Wildman–Crippen LogP) is 5.34. The highest BCUT2D eigenvalue weighted by atomic mass is 16.5. The number of unbranched alkanes of at least 4 members (excludes halogenated alkanes) is 1. The lowest BCUT2D eigenvalue weighted by Gasteiger charge is -2.39. The third kappa shape index (κ3) is 4.95. The molecule has 28 heavy (non-hydrogen) atoms. The van der Waals surface area contributed by atoms with Crippen molar-refractivity contribution in [1.82, 2.24) is 4.90 Å². The lowest BCUT2D eigenvalue weighted by atomic mass is 9.74. The standard InChI is InChI=1S/C25H35NO2/c1-3-5-17-25(27,22-13-15-23(16-14-22)28-4-2)24(20-26-18-9-10-19-26)21-11-7-6-8-12-21/h6-8,11-16,24,27H,3-5,9-10,17-20H2,1-2H3/t24-,25-/m0/s1. The summed E-state index contributed by atoms with van der Waals surface area (Å²) in [4.78, 5) is 2.52. The van der Waals surface area contributed by atoms with E-state index in [1.165, 1.54) is 18.4 Å². The van der Waals surface area contributed by atoms with Crippen LogP contribution in [-0.4, -0.2) is 36.2 Å². The molecule has 1 aliphatic heterocycles. The quantitative estimate of drug-likeness (QED) is 0.603. The molecule has 1 saturated heterocycles. The molecule has 1 aliphatic rings. The molecule has 0 saturated carbocycles. The van der Waals surface area contributed by atoms with Gasteiger partial charge in [0.25, 0.3) is 0 Å². The van der Waals surface area contributed by atoms with Gasteiger partial charge in [0.1, 0.15) is 5.75 Å². The Morgan fingerprint density at radius 1 is 1.00 bits per heavy atom. The summed E-state index contributed by atoms with van der Waals surface area (Å²) in [6.07, 6.45) is 5.37. The maximum absolute atomic E-state index is 12.1. The molecule has 3 heteroatoms. The van der Waals surface area contributed by atoms with E-state index in [-0.39, 0.29) is 5.92 Å². The Labute approximate surface area is 170 Å². The summed E-state index contributed by atoms with van der Waals surface area (Å²) in [5, 5.41) is 12.1. The van der Waals surface area contributed by atoms with Crippen LogP contribution in [0.1, 0.15) is 63.0 Å². The molecule has 2 aromatic carbocycles. The minimum atomic E-state index is -0.884. The molecule has 1 fully saturated rings. The van der Waals surface area contributed by atoms with E-state index in [9.17, 15) is 5.11 Å². The Bertz CT molecular complexity index is 694. The zero-order valence-corrected chi connectivity index (χ0v) is 17.4. The van der Waals surface area contributed by atoms with Gasteiger partial charge in [-0.25, -0.2) is 0 Å². The number of rotatable bonds is 10. The van der Waals surface area contributed by atoms with E-state index in [0.717, 1.165) is 50.2 Å². The second-order valence-electron chi connectivity index (χ2n) is 7.96. The molecule has 1 heterocycles. The van der Waals surface area contributed by atoms with Gasteiger partial charge in [-0.15, -0.1) is 0 Å². The van der Waals surface area contributed by atoms with Crippen LogP contribution in [-0.2, 0) is 5.60 Å². The highest BCUT2D eigenvalue weighted by molar-refractivity contribution is 5.35. The molecule has 3 nitrogen and oxygen atoms in total. The molecule has 0 aromatic heterocycles. The monoisotopic (exact) mass is 381 g/mol. The van der Waals surface area contributed by atoms with Crippen molar-refractivity contribution in [3.8, 4) is 5.75 Å². The third-order valence-electron chi connectivity index (χ3n) is 5.99. The molecule has 3 rings (SSSR count). The Morgan fingerprint density at radius 3 is 2.29 bits per heavy atom. The smallest absolute Gasteiger partial charge is 0.119 e. The van der Waals surface area contributed by atoms with E-state index >= 15 is 0 Å². The molecule has 2 aromatic rings. The molecule has 0 bridgehead atoms. The first kappa shape index (κ1) is 20.9. The first-order valence-electron chi connectivity index (χ1n) is 10.9. The summed E-state index contributed by atoms with van der Waals surface area (Å²) >= 11 is 0. The Balaban J connectivity index is 1.97. The van der Waals surface area contributed by atoms with Crippen LogP contribution in [0.15, 0.2) is 54.6 Å². The van der Waals surface area contributed by atoms with E-state index in [2.05, 4.69) is 54.3 Å². The normalized spacial score (nSPS) is 18.0. The first-order valence-corrected chi connectivity index (χ1v) is 10.9. The van der Waals surface area contributed by atoms with Gasteiger partial charge < -0.3 is 14.7 Å². The molecule has 0 spiro atoms. The molecule has 0 radical (unpaired) electrons. The van der Waals surface area contributed by atoms with E-state index in [0.29, 0.717) is 6.61 Å². The van der Waals surface area contributed by atoms with Gasteiger partial charge in [-0.3, -0.25) is 0 Å². The van der Waals surface area contributed by atoms with Crippen molar-refractivity contribution in [1.29, 1.82) is 0 Å². The average Bonchev–Trinajstić information content (AvgIpc) is 3.25. The van der Waals surface area contributed by atoms with Crippen LogP contribution in [0, 0.1) is 0 Å². The largest absolute Gasteiger partial charge is 0.494 e. The van der Waals surface area contributed by atoms with E-state index in [4.69, 9.17) is 4.74 Å². The molecule has 0 aliphatic carbocycles. The van der Waals surface area contributed by atoms with E-state index in [1.54, 1.807) is 0 Å². The number of likely N-dealkylation sites (tertiary alicyclic amines) is 1. The Hall–Kier alpha value is -1.84. The van der Waals surface area contributed by atoms with E-state index < -0.39 is 5.60 Å². The predicted molar refractivity (Wildman–Crippen MR) is 116 cm³/mol. The Kier molecular flexibility index (Phi) is 7.52. The van der Waals surface area contributed by atoms with Gasteiger partial charge in [0.2, 0.25) is 0 Å². The van der Waals surface area contributed by atoms with Crippen molar-refractivity contribution < 1.29 is 9.84 Å². The number of nitrogens with zero attached hydrogens (tertiary/aromatic N) is 1. The fourth-order valence-electron chi connectivity index (χ4n) is 4.41. The number of hydrogen-bond donors (Lipinski definition) is 1. The van der Waals surface area contributed by atoms with Gasteiger partial charge in [0, 0.05) is 12.5 Å². The van der Waals surface area contributed by atoms with Crippen molar-refractivity contribution in [3.63, 3.8) is 0 Å². The van der Waals surface area contributed by atoms with Crippen LogP contribution in [0.2, 0.25) is 0 Å². The van der Waals surface area contributed by atoms with Crippen molar-refractivity contribution in [3.05, 3.63) is 65.7 Å². The first-order chi connectivity index (χ1) is 13.7. The van der Waals surface area contributed by atoms with Crippen LogP contribution in [0.25, 0.3) is 0 Å². The van der Waals surface area contributed by atoms with Gasteiger partial charge >= 0.3 is 0 Å². The SMILES string of the molecule is CCCC[C@](O)(c1ccc(OCC)cc1)[C@@H](CN1CCCC1)c1ccccc1. The van der Waals surface area contributed by atoms with Gasteiger partial charge in [-0.1, -0.05) is 62.2 Å². The summed E-state index contributed by atoms with van der Waals surface area (Å²) in [5.74, 6) is 0.913. The fourth-order valence-corrected chi connectivity index (χ4v) is 4.41. The van der Waals surface area contributed by atoms with Gasteiger partial charge in [-0.2, -0.15) is 0 Å². The third-order valence-corrected chi connectivity index (χ3v) is 5.99. The van der Waals surface area contributed by atoms with Crippen molar-refractivity contribution in [2.75, 3.05) is 26.2 Å². The summed E-state index contributed by atoms with van der Waals surface area (Å²) < 4.78 is 5.62. The maximum atomic E-state index is 12.1. The summed E-state index contributed by atoms with van der Waals surface area (Å²) in [6, 6.07) is 18.7.